The summed E-state index contributed by atoms with van der Waals surface area (Å²) in [6, 6.07) is 0. The van der Waals surface area contributed by atoms with E-state index in [2.05, 4.69) is 5.92 Å². The van der Waals surface area contributed by atoms with Crippen LogP contribution in [-0.4, -0.2) is 130 Å². The van der Waals surface area contributed by atoms with Crippen molar-refractivity contribution in [1.29, 1.82) is 0 Å². The number of aliphatic carboxylic acids is 1. The van der Waals surface area contributed by atoms with Gasteiger partial charge in [0.15, 0.2) is 0 Å². The molecule has 0 bridgehead atoms. The van der Waals surface area contributed by atoms with Crippen molar-refractivity contribution >= 4 is 5.97 Å². The quantitative estimate of drug-likeness (QED) is 0.122. The Balaban J connectivity index is 3.01. The summed E-state index contributed by atoms with van der Waals surface area (Å²) in [6.45, 7) is 8.15. The van der Waals surface area contributed by atoms with Gasteiger partial charge in [0.2, 0.25) is 0 Å². The molecule has 0 aliphatic rings. The summed E-state index contributed by atoms with van der Waals surface area (Å²) in [5.41, 5.74) is 0. The summed E-state index contributed by atoms with van der Waals surface area (Å²) in [6.07, 6.45) is 5.06. The molecule has 0 aromatic rings. The number of ether oxygens (including phenoxy) is 9. The molecular weight excluding hydrogens is 440 g/mol. The monoisotopic (exact) mass is 480 g/mol. The van der Waals surface area contributed by atoms with E-state index in [1.807, 2.05) is 0 Å². The number of carbonyl (C=O) groups is 1. The van der Waals surface area contributed by atoms with E-state index in [1.165, 1.54) is 0 Å². The Morgan fingerprint density at radius 3 is 0.970 bits per heavy atom. The number of hydrogen-bond acceptors (Lipinski definition) is 10. The minimum Gasteiger partial charge on any atom is -0.481 e. The molecule has 0 rings (SSSR count). The smallest absolute Gasteiger partial charge is 0.305 e. The standard InChI is InChI=1S/C22H40O11/c1-2-4-25-6-8-27-10-12-29-14-16-31-18-20-33-21-19-32-17-15-30-13-11-28-9-7-26-5-3-22(23)24/h1H,3-21H2,(H,23,24). The number of carboxylic acid groups (broad SMARTS) is 1. The Hall–Kier alpha value is -1.33. The maximum absolute atomic E-state index is 10.3. The maximum Gasteiger partial charge on any atom is 0.305 e. The van der Waals surface area contributed by atoms with Gasteiger partial charge < -0.3 is 47.7 Å². The molecule has 11 nitrogen and oxygen atoms in total. The third kappa shape index (κ3) is 30.7. The van der Waals surface area contributed by atoms with Crippen molar-refractivity contribution in [3.63, 3.8) is 0 Å². The topological polar surface area (TPSA) is 120 Å². The van der Waals surface area contributed by atoms with E-state index in [1.54, 1.807) is 0 Å². The summed E-state index contributed by atoms with van der Waals surface area (Å²) in [4.78, 5) is 10.3. The molecule has 0 radical (unpaired) electrons. The van der Waals surface area contributed by atoms with E-state index in [-0.39, 0.29) is 13.0 Å². The SMILES string of the molecule is C#CCOCCOCCOCCOCCOCCOCCOCCOCCOCCC(=O)O. The van der Waals surface area contributed by atoms with E-state index in [0.29, 0.717) is 112 Å². The summed E-state index contributed by atoms with van der Waals surface area (Å²) in [7, 11) is 0. The zero-order chi connectivity index (χ0) is 24.1. The Kier molecular flexibility index (Phi) is 27.5. The predicted molar refractivity (Wildman–Crippen MR) is 118 cm³/mol. The van der Waals surface area contributed by atoms with Crippen LogP contribution in [0.2, 0.25) is 0 Å². The molecule has 0 saturated heterocycles. The normalized spacial score (nSPS) is 11.0. The fourth-order valence-electron chi connectivity index (χ4n) is 2.05. The first kappa shape index (κ1) is 31.7. The highest BCUT2D eigenvalue weighted by Gasteiger charge is 1.97. The number of carboxylic acids is 1. The molecule has 194 valence electrons. The number of hydrogen-bond donors (Lipinski definition) is 1. The Labute approximate surface area is 196 Å². The Morgan fingerprint density at radius 1 is 0.485 bits per heavy atom. The van der Waals surface area contributed by atoms with Gasteiger partial charge in [0, 0.05) is 0 Å². The van der Waals surface area contributed by atoms with Crippen LogP contribution in [-0.2, 0) is 47.4 Å². The van der Waals surface area contributed by atoms with Crippen LogP contribution in [0.5, 0.6) is 0 Å². The molecule has 11 heteroatoms. The molecule has 0 fully saturated rings. The van der Waals surface area contributed by atoms with Crippen molar-refractivity contribution in [2.24, 2.45) is 0 Å². The number of terminal acetylenes is 1. The van der Waals surface area contributed by atoms with Crippen LogP contribution in [0.15, 0.2) is 0 Å². The van der Waals surface area contributed by atoms with E-state index < -0.39 is 5.97 Å². The van der Waals surface area contributed by atoms with Crippen LogP contribution in [0.3, 0.4) is 0 Å². The largest absolute Gasteiger partial charge is 0.481 e. The van der Waals surface area contributed by atoms with Gasteiger partial charge in [-0.2, -0.15) is 0 Å². The molecule has 0 aliphatic carbocycles. The predicted octanol–water partition coefficient (Wildman–Crippen LogP) is 0.244. The third-order valence-electron chi connectivity index (χ3n) is 3.62. The summed E-state index contributed by atoms with van der Waals surface area (Å²) < 4.78 is 47.7. The summed E-state index contributed by atoms with van der Waals surface area (Å²) in [5, 5.41) is 8.45. The lowest BCUT2D eigenvalue weighted by molar-refractivity contribution is -0.138. The average molecular weight is 481 g/mol. The fraction of sp³-hybridized carbons (Fsp3) is 0.864. The van der Waals surface area contributed by atoms with E-state index in [0.717, 1.165) is 0 Å². The fourth-order valence-corrected chi connectivity index (χ4v) is 2.05. The van der Waals surface area contributed by atoms with Gasteiger partial charge in [-0.3, -0.25) is 4.79 Å². The first-order valence-electron chi connectivity index (χ1n) is 11.1. The second-order valence-corrected chi connectivity index (χ2v) is 6.30. The highest BCUT2D eigenvalue weighted by Crippen LogP contribution is 1.87. The van der Waals surface area contributed by atoms with Crippen LogP contribution in [0.4, 0.5) is 0 Å². The van der Waals surface area contributed by atoms with Crippen molar-refractivity contribution < 1.29 is 52.5 Å². The first-order valence-corrected chi connectivity index (χ1v) is 11.1. The summed E-state index contributed by atoms with van der Waals surface area (Å²) >= 11 is 0. The van der Waals surface area contributed by atoms with Gasteiger partial charge in [0.1, 0.15) is 6.61 Å². The molecule has 0 aromatic carbocycles. The lowest BCUT2D eigenvalue weighted by atomic mass is 10.5. The Morgan fingerprint density at radius 2 is 0.727 bits per heavy atom. The third-order valence-corrected chi connectivity index (χ3v) is 3.62. The van der Waals surface area contributed by atoms with Crippen molar-refractivity contribution in [1.82, 2.24) is 0 Å². The molecule has 0 amide bonds. The second kappa shape index (κ2) is 28.7. The number of rotatable bonds is 28. The zero-order valence-corrected chi connectivity index (χ0v) is 19.5. The highest BCUT2D eigenvalue weighted by molar-refractivity contribution is 5.66. The van der Waals surface area contributed by atoms with Crippen molar-refractivity contribution in [2.45, 2.75) is 6.42 Å². The minimum atomic E-state index is -0.872. The molecule has 0 unspecified atom stereocenters. The molecule has 33 heavy (non-hydrogen) atoms. The molecule has 0 spiro atoms. The Bertz CT molecular complexity index is 443. The molecule has 0 saturated carbocycles. The lowest BCUT2D eigenvalue weighted by Gasteiger charge is -2.08. The van der Waals surface area contributed by atoms with Crippen LogP contribution in [0.25, 0.3) is 0 Å². The van der Waals surface area contributed by atoms with Crippen molar-refractivity contribution in [3.8, 4) is 12.3 Å². The van der Waals surface area contributed by atoms with Crippen molar-refractivity contribution in [3.05, 3.63) is 0 Å². The van der Waals surface area contributed by atoms with E-state index >= 15 is 0 Å². The average Bonchev–Trinajstić information content (AvgIpc) is 2.80. The van der Waals surface area contributed by atoms with E-state index in [9.17, 15) is 4.79 Å². The molecule has 1 N–H and O–H groups in total. The van der Waals surface area contributed by atoms with E-state index in [4.69, 9.17) is 54.2 Å². The lowest BCUT2D eigenvalue weighted by Crippen LogP contribution is -2.15. The van der Waals surface area contributed by atoms with Gasteiger partial charge >= 0.3 is 5.97 Å². The first-order chi connectivity index (χ1) is 16.3. The molecule has 0 aromatic heterocycles. The molecule has 0 heterocycles. The van der Waals surface area contributed by atoms with Gasteiger partial charge in [-0.25, -0.2) is 0 Å². The molecular formula is C22H40O11. The summed E-state index contributed by atoms with van der Waals surface area (Å²) in [5.74, 6) is 1.51. The van der Waals surface area contributed by atoms with Crippen LogP contribution in [0.1, 0.15) is 6.42 Å². The molecule has 0 aliphatic heterocycles. The van der Waals surface area contributed by atoms with Gasteiger partial charge in [-0.15, -0.1) is 6.42 Å². The van der Waals surface area contributed by atoms with Gasteiger partial charge in [0.25, 0.3) is 0 Å². The van der Waals surface area contributed by atoms with Gasteiger partial charge in [-0.1, -0.05) is 5.92 Å². The highest BCUT2D eigenvalue weighted by atomic mass is 16.6. The maximum atomic E-state index is 10.3. The van der Waals surface area contributed by atoms with Crippen molar-refractivity contribution in [2.75, 3.05) is 119 Å². The molecule has 0 atom stereocenters. The van der Waals surface area contributed by atoms with Crippen LogP contribution >= 0.6 is 0 Å². The van der Waals surface area contributed by atoms with Crippen LogP contribution in [0, 0.1) is 12.3 Å². The van der Waals surface area contributed by atoms with Gasteiger partial charge in [0.05, 0.1) is 119 Å². The van der Waals surface area contributed by atoms with Crippen LogP contribution < -0.4 is 0 Å². The zero-order valence-electron chi connectivity index (χ0n) is 19.5. The van der Waals surface area contributed by atoms with Gasteiger partial charge in [-0.05, 0) is 0 Å². The second-order valence-electron chi connectivity index (χ2n) is 6.30. The minimum absolute atomic E-state index is 0.00108.